The van der Waals surface area contributed by atoms with E-state index >= 15 is 0 Å². The highest BCUT2D eigenvalue weighted by Crippen LogP contribution is 2.29. The number of amides is 1. The summed E-state index contributed by atoms with van der Waals surface area (Å²) in [6, 6.07) is 14.5. The number of aromatic nitrogens is 2. The Bertz CT molecular complexity index is 992. The highest BCUT2D eigenvalue weighted by atomic mass is 35.5. The van der Waals surface area contributed by atoms with Crippen molar-refractivity contribution in [3.05, 3.63) is 71.0 Å². The molecule has 28 heavy (non-hydrogen) atoms. The predicted molar refractivity (Wildman–Crippen MR) is 112 cm³/mol. The van der Waals surface area contributed by atoms with Gasteiger partial charge in [-0.05, 0) is 41.8 Å². The third-order valence-electron chi connectivity index (χ3n) is 4.13. The van der Waals surface area contributed by atoms with E-state index in [4.69, 9.17) is 16.3 Å². The van der Waals surface area contributed by atoms with Gasteiger partial charge in [-0.1, -0.05) is 43.6 Å². The summed E-state index contributed by atoms with van der Waals surface area (Å²) in [5.74, 6) is 0.838. The Labute approximate surface area is 168 Å². The van der Waals surface area contributed by atoms with Crippen LogP contribution in [-0.4, -0.2) is 23.0 Å². The third kappa shape index (κ3) is 4.58. The normalized spacial score (nSPS) is 10.6. The van der Waals surface area contributed by atoms with Crippen LogP contribution in [0, 0.1) is 0 Å². The van der Waals surface area contributed by atoms with E-state index in [9.17, 15) is 4.79 Å². The van der Waals surface area contributed by atoms with E-state index < -0.39 is 0 Å². The molecular weight excluding hydrogens is 376 g/mol. The number of methoxy groups -OCH3 is 1. The molecule has 0 saturated heterocycles. The molecule has 1 amide bonds. The maximum atomic E-state index is 12.7. The molecule has 0 aliphatic rings. The molecule has 0 aliphatic carbocycles. The molecule has 3 aromatic rings. The van der Waals surface area contributed by atoms with Crippen LogP contribution < -0.4 is 15.4 Å². The first kappa shape index (κ1) is 19.6. The molecule has 0 aliphatic heterocycles. The number of nitrogens with zero attached hydrogens (tertiary/aromatic N) is 2. The zero-order valence-electron chi connectivity index (χ0n) is 15.9. The summed E-state index contributed by atoms with van der Waals surface area (Å²) in [4.78, 5) is 21.2. The van der Waals surface area contributed by atoms with E-state index in [1.54, 1.807) is 31.4 Å². The van der Waals surface area contributed by atoms with E-state index in [0.29, 0.717) is 16.5 Å². The number of hydrogen-bond acceptors (Lipinski definition) is 5. The molecule has 3 rings (SSSR count). The zero-order valence-corrected chi connectivity index (χ0v) is 16.6. The smallest absolute Gasteiger partial charge is 0.274 e. The number of para-hydroxylation sites is 1. The standard InChI is InChI=1S/C21H21ClN4O2/c1-13(2)15-6-4-5-7-16(15)24-20(27)17-10-11-23-21(25-17)26-18-12-14(22)8-9-19(18)28-3/h4-13H,1-3H3,(H,24,27)(H,23,25,26). The van der Waals surface area contributed by atoms with Crippen LogP contribution in [0.2, 0.25) is 5.02 Å². The Kier molecular flexibility index (Phi) is 6.11. The van der Waals surface area contributed by atoms with Gasteiger partial charge in [0.05, 0.1) is 12.8 Å². The molecular formula is C21H21ClN4O2. The van der Waals surface area contributed by atoms with Crippen LogP contribution in [0.25, 0.3) is 0 Å². The molecule has 0 bridgehead atoms. The van der Waals surface area contributed by atoms with Gasteiger partial charge in [-0.3, -0.25) is 4.79 Å². The van der Waals surface area contributed by atoms with Crippen molar-refractivity contribution in [1.82, 2.24) is 9.97 Å². The fourth-order valence-corrected chi connectivity index (χ4v) is 2.92. The lowest BCUT2D eigenvalue weighted by Crippen LogP contribution is -2.16. The van der Waals surface area contributed by atoms with E-state index in [1.807, 2.05) is 24.3 Å². The van der Waals surface area contributed by atoms with Crippen LogP contribution in [-0.2, 0) is 0 Å². The van der Waals surface area contributed by atoms with Crippen molar-refractivity contribution >= 4 is 34.8 Å². The van der Waals surface area contributed by atoms with Gasteiger partial charge in [0.25, 0.3) is 5.91 Å². The number of carbonyl (C=O) groups excluding carboxylic acids is 1. The van der Waals surface area contributed by atoms with Gasteiger partial charge in [-0.15, -0.1) is 0 Å². The summed E-state index contributed by atoms with van der Waals surface area (Å²) < 4.78 is 5.31. The second-order valence-corrected chi connectivity index (χ2v) is 6.87. The van der Waals surface area contributed by atoms with Crippen molar-refractivity contribution in [3.63, 3.8) is 0 Å². The summed E-state index contributed by atoms with van der Waals surface area (Å²) in [5.41, 5.74) is 2.69. The lowest BCUT2D eigenvalue weighted by Gasteiger charge is -2.14. The van der Waals surface area contributed by atoms with Crippen LogP contribution in [0.3, 0.4) is 0 Å². The molecule has 0 saturated carbocycles. The summed E-state index contributed by atoms with van der Waals surface area (Å²) in [7, 11) is 1.56. The summed E-state index contributed by atoms with van der Waals surface area (Å²) in [6.45, 7) is 4.16. The number of anilines is 3. The zero-order chi connectivity index (χ0) is 20.1. The first-order chi connectivity index (χ1) is 13.5. The maximum Gasteiger partial charge on any atom is 0.274 e. The minimum Gasteiger partial charge on any atom is -0.495 e. The van der Waals surface area contributed by atoms with E-state index in [0.717, 1.165) is 11.3 Å². The van der Waals surface area contributed by atoms with Crippen LogP contribution in [0.5, 0.6) is 5.75 Å². The van der Waals surface area contributed by atoms with Gasteiger partial charge in [-0.25, -0.2) is 9.97 Å². The largest absolute Gasteiger partial charge is 0.495 e. The molecule has 1 aromatic heterocycles. The van der Waals surface area contributed by atoms with Gasteiger partial charge in [0.15, 0.2) is 0 Å². The molecule has 0 fully saturated rings. The highest BCUT2D eigenvalue weighted by molar-refractivity contribution is 6.31. The molecule has 1 heterocycles. The average Bonchev–Trinajstić information content (AvgIpc) is 2.68. The second kappa shape index (κ2) is 8.71. The summed E-state index contributed by atoms with van der Waals surface area (Å²) in [6.07, 6.45) is 1.52. The second-order valence-electron chi connectivity index (χ2n) is 6.43. The van der Waals surface area contributed by atoms with Gasteiger partial charge in [-0.2, -0.15) is 0 Å². The van der Waals surface area contributed by atoms with E-state index in [2.05, 4.69) is 34.4 Å². The lowest BCUT2D eigenvalue weighted by molar-refractivity contribution is 0.102. The van der Waals surface area contributed by atoms with Gasteiger partial charge in [0, 0.05) is 16.9 Å². The fraction of sp³-hybridized carbons (Fsp3) is 0.190. The molecule has 6 nitrogen and oxygen atoms in total. The first-order valence-electron chi connectivity index (χ1n) is 8.82. The molecule has 2 aromatic carbocycles. The van der Waals surface area contributed by atoms with E-state index in [-0.39, 0.29) is 23.5 Å². The predicted octanol–water partition coefficient (Wildman–Crippen LogP) is 5.26. The van der Waals surface area contributed by atoms with Crippen molar-refractivity contribution in [2.75, 3.05) is 17.7 Å². The van der Waals surface area contributed by atoms with Crippen molar-refractivity contribution in [2.45, 2.75) is 19.8 Å². The topological polar surface area (TPSA) is 76.1 Å². The molecule has 7 heteroatoms. The summed E-state index contributed by atoms with van der Waals surface area (Å²) >= 11 is 6.05. The van der Waals surface area contributed by atoms with Gasteiger partial charge in [0.1, 0.15) is 11.4 Å². The number of rotatable bonds is 6. The summed E-state index contributed by atoms with van der Waals surface area (Å²) in [5, 5.41) is 6.51. The Morgan fingerprint density at radius 2 is 1.89 bits per heavy atom. The van der Waals surface area contributed by atoms with Crippen LogP contribution in [0.4, 0.5) is 17.3 Å². The van der Waals surface area contributed by atoms with Gasteiger partial charge in [0.2, 0.25) is 5.95 Å². The van der Waals surface area contributed by atoms with E-state index in [1.165, 1.54) is 6.20 Å². The first-order valence-corrected chi connectivity index (χ1v) is 9.19. The molecule has 0 unspecified atom stereocenters. The van der Waals surface area contributed by atoms with Crippen molar-refractivity contribution in [3.8, 4) is 5.75 Å². The minimum absolute atomic E-state index is 0.247. The Morgan fingerprint density at radius 1 is 1.11 bits per heavy atom. The Morgan fingerprint density at radius 3 is 2.64 bits per heavy atom. The molecule has 0 radical (unpaired) electrons. The third-order valence-corrected chi connectivity index (χ3v) is 4.36. The number of nitrogens with one attached hydrogen (secondary N) is 2. The fourth-order valence-electron chi connectivity index (χ4n) is 2.74. The van der Waals surface area contributed by atoms with Crippen molar-refractivity contribution in [2.24, 2.45) is 0 Å². The minimum atomic E-state index is -0.309. The quantitative estimate of drug-likeness (QED) is 0.594. The molecule has 2 N–H and O–H groups in total. The lowest BCUT2D eigenvalue weighted by atomic mass is 10.0. The molecule has 0 atom stereocenters. The van der Waals surface area contributed by atoms with Gasteiger partial charge < -0.3 is 15.4 Å². The SMILES string of the molecule is COc1ccc(Cl)cc1Nc1nccc(C(=O)Nc2ccccc2C(C)C)n1. The Balaban J connectivity index is 1.82. The van der Waals surface area contributed by atoms with Gasteiger partial charge >= 0.3 is 0 Å². The number of hydrogen-bond donors (Lipinski definition) is 2. The van der Waals surface area contributed by atoms with Crippen molar-refractivity contribution in [1.29, 1.82) is 0 Å². The number of ether oxygens (including phenoxy) is 1. The molecule has 0 spiro atoms. The number of halogens is 1. The van der Waals surface area contributed by atoms with Crippen LogP contribution in [0.1, 0.15) is 35.8 Å². The average molecular weight is 397 g/mol. The van der Waals surface area contributed by atoms with Crippen LogP contribution in [0.15, 0.2) is 54.7 Å². The highest BCUT2D eigenvalue weighted by Gasteiger charge is 2.14. The Hall–Kier alpha value is -3.12. The van der Waals surface area contributed by atoms with Crippen LogP contribution >= 0.6 is 11.6 Å². The van der Waals surface area contributed by atoms with Crippen molar-refractivity contribution < 1.29 is 9.53 Å². The number of carbonyl (C=O) groups is 1. The molecule has 144 valence electrons. The maximum absolute atomic E-state index is 12.7. The monoisotopic (exact) mass is 396 g/mol. The number of benzene rings is 2.